The molecule has 2 aromatic rings. The second-order valence-corrected chi connectivity index (χ2v) is 5.38. The van der Waals surface area contributed by atoms with E-state index in [1.54, 1.807) is 24.3 Å². The van der Waals surface area contributed by atoms with Crippen LogP contribution in [0.4, 0.5) is 5.69 Å². The third kappa shape index (κ3) is 3.29. The minimum atomic E-state index is -0.120. The molecular formula is C15H15NO2S. The first kappa shape index (κ1) is 13.5. The lowest BCUT2D eigenvalue weighted by Gasteiger charge is -2.03. The first-order chi connectivity index (χ1) is 9.10. The van der Waals surface area contributed by atoms with Crippen LogP contribution >= 0.6 is 11.3 Å². The Balaban J connectivity index is 2.17. The highest BCUT2D eigenvalue weighted by molar-refractivity contribution is 7.14. The van der Waals surface area contributed by atoms with Crippen molar-refractivity contribution in [3.05, 3.63) is 51.7 Å². The number of aryl methyl sites for hydroxylation is 1. The van der Waals surface area contributed by atoms with Gasteiger partial charge in [0.1, 0.15) is 0 Å². The minimum Gasteiger partial charge on any atom is -0.326 e. The van der Waals surface area contributed by atoms with Crippen LogP contribution in [0, 0.1) is 0 Å². The van der Waals surface area contributed by atoms with Crippen LogP contribution in [0.15, 0.2) is 36.4 Å². The number of benzene rings is 1. The van der Waals surface area contributed by atoms with Crippen molar-refractivity contribution < 1.29 is 9.59 Å². The molecule has 1 amide bonds. The summed E-state index contributed by atoms with van der Waals surface area (Å²) >= 11 is 1.53. The Bertz CT molecular complexity index is 599. The van der Waals surface area contributed by atoms with Crippen LogP contribution in [0.25, 0.3) is 0 Å². The van der Waals surface area contributed by atoms with Crippen LogP contribution in [0.1, 0.15) is 34.0 Å². The van der Waals surface area contributed by atoms with E-state index in [1.165, 1.54) is 23.1 Å². The normalized spacial score (nSPS) is 10.2. The van der Waals surface area contributed by atoms with Crippen molar-refractivity contribution in [2.24, 2.45) is 0 Å². The van der Waals surface area contributed by atoms with Gasteiger partial charge in [-0.25, -0.2) is 0 Å². The fourth-order valence-electron chi connectivity index (χ4n) is 1.74. The summed E-state index contributed by atoms with van der Waals surface area (Å²) in [6.07, 6.45) is 0.944. The van der Waals surface area contributed by atoms with E-state index in [0.29, 0.717) is 11.3 Å². The maximum absolute atomic E-state index is 12.2. The summed E-state index contributed by atoms with van der Waals surface area (Å²) in [5, 5.41) is 2.68. The molecule has 3 nitrogen and oxygen atoms in total. The molecule has 0 aliphatic heterocycles. The molecule has 2 rings (SSSR count). The highest BCUT2D eigenvalue weighted by Gasteiger charge is 2.11. The Hall–Kier alpha value is -1.94. The van der Waals surface area contributed by atoms with Gasteiger partial charge in [0.2, 0.25) is 11.7 Å². The van der Waals surface area contributed by atoms with Crippen molar-refractivity contribution in [3.8, 4) is 0 Å². The highest BCUT2D eigenvalue weighted by Crippen LogP contribution is 2.21. The van der Waals surface area contributed by atoms with E-state index in [-0.39, 0.29) is 11.7 Å². The molecule has 0 saturated carbocycles. The molecular weight excluding hydrogens is 258 g/mol. The standard InChI is InChI=1S/C15H15NO2S/c1-3-13-8-9-14(19-13)15(18)11-4-6-12(7-5-11)16-10(2)17/h4-9H,3H2,1-2H3,(H,16,17). The van der Waals surface area contributed by atoms with Gasteiger partial charge in [-0.3, -0.25) is 9.59 Å². The molecule has 0 aliphatic rings. The topological polar surface area (TPSA) is 46.2 Å². The minimum absolute atomic E-state index is 0.0269. The Labute approximate surface area is 116 Å². The van der Waals surface area contributed by atoms with Crippen LogP contribution in [0.2, 0.25) is 0 Å². The molecule has 0 atom stereocenters. The van der Waals surface area contributed by atoms with Crippen molar-refractivity contribution in [2.75, 3.05) is 5.32 Å². The molecule has 0 radical (unpaired) electrons. The number of thiophene rings is 1. The quantitative estimate of drug-likeness (QED) is 0.867. The van der Waals surface area contributed by atoms with Gasteiger partial charge in [-0.15, -0.1) is 11.3 Å². The van der Waals surface area contributed by atoms with Gasteiger partial charge in [-0.2, -0.15) is 0 Å². The maximum Gasteiger partial charge on any atom is 0.221 e. The summed E-state index contributed by atoms with van der Waals surface area (Å²) in [6, 6.07) is 10.8. The average Bonchev–Trinajstić information content (AvgIpc) is 2.87. The van der Waals surface area contributed by atoms with Crippen LogP contribution < -0.4 is 5.32 Å². The Kier molecular flexibility index (Phi) is 4.12. The summed E-state index contributed by atoms with van der Waals surface area (Å²) in [7, 11) is 0. The SMILES string of the molecule is CCc1ccc(C(=O)c2ccc(NC(C)=O)cc2)s1. The molecule has 1 aromatic heterocycles. The van der Waals surface area contributed by atoms with E-state index in [0.717, 1.165) is 11.3 Å². The second kappa shape index (κ2) is 5.80. The average molecular weight is 273 g/mol. The molecule has 19 heavy (non-hydrogen) atoms. The molecule has 0 saturated heterocycles. The zero-order valence-corrected chi connectivity index (χ0v) is 11.7. The molecule has 0 unspecified atom stereocenters. The van der Waals surface area contributed by atoms with Crippen molar-refractivity contribution in [1.29, 1.82) is 0 Å². The third-order valence-corrected chi connectivity index (χ3v) is 3.93. The lowest BCUT2D eigenvalue weighted by Crippen LogP contribution is -2.06. The zero-order chi connectivity index (χ0) is 13.8. The lowest BCUT2D eigenvalue weighted by atomic mass is 10.1. The number of ketones is 1. The number of anilines is 1. The van der Waals surface area contributed by atoms with E-state index in [9.17, 15) is 9.59 Å². The summed E-state index contributed by atoms with van der Waals surface area (Å²) in [5.74, 6) is -0.0935. The second-order valence-electron chi connectivity index (χ2n) is 4.21. The van der Waals surface area contributed by atoms with Crippen molar-refractivity contribution in [2.45, 2.75) is 20.3 Å². The number of rotatable bonds is 4. The molecule has 4 heteroatoms. The van der Waals surface area contributed by atoms with Gasteiger partial charge in [0.25, 0.3) is 0 Å². The van der Waals surface area contributed by atoms with Gasteiger partial charge in [-0.05, 0) is 42.8 Å². The maximum atomic E-state index is 12.2. The number of nitrogens with one attached hydrogen (secondary N) is 1. The van der Waals surface area contributed by atoms with E-state index >= 15 is 0 Å². The Morgan fingerprint density at radius 3 is 2.32 bits per heavy atom. The molecule has 98 valence electrons. The number of hydrogen-bond acceptors (Lipinski definition) is 3. The summed E-state index contributed by atoms with van der Waals surface area (Å²) < 4.78 is 0. The predicted molar refractivity (Wildman–Crippen MR) is 77.9 cm³/mol. The smallest absolute Gasteiger partial charge is 0.221 e. The van der Waals surface area contributed by atoms with Crippen molar-refractivity contribution >= 4 is 28.7 Å². The summed E-state index contributed by atoms with van der Waals surface area (Å²) in [5.41, 5.74) is 1.34. The zero-order valence-electron chi connectivity index (χ0n) is 10.9. The van der Waals surface area contributed by atoms with E-state index < -0.39 is 0 Å². The van der Waals surface area contributed by atoms with Gasteiger partial charge in [0.05, 0.1) is 4.88 Å². The van der Waals surface area contributed by atoms with Gasteiger partial charge in [0.15, 0.2) is 0 Å². The van der Waals surface area contributed by atoms with Crippen LogP contribution in [0.3, 0.4) is 0 Å². The molecule has 0 bridgehead atoms. The molecule has 0 aliphatic carbocycles. The number of hydrogen-bond donors (Lipinski definition) is 1. The van der Waals surface area contributed by atoms with Crippen LogP contribution in [0.5, 0.6) is 0 Å². The van der Waals surface area contributed by atoms with Crippen molar-refractivity contribution in [3.63, 3.8) is 0 Å². The fraction of sp³-hybridized carbons (Fsp3) is 0.200. The third-order valence-electron chi connectivity index (χ3n) is 2.70. The summed E-state index contributed by atoms with van der Waals surface area (Å²) in [6.45, 7) is 3.53. The van der Waals surface area contributed by atoms with Gasteiger partial charge < -0.3 is 5.32 Å². The largest absolute Gasteiger partial charge is 0.326 e. The first-order valence-corrected chi connectivity index (χ1v) is 6.93. The fourth-order valence-corrected chi connectivity index (χ4v) is 2.65. The predicted octanol–water partition coefficient (Wildman–Crippen LogP) is 3.50. The monoisotopic (exact) mass is 273 g/mol. The lowest BCUT2D eigenvalue weighted by molar-refractivity contribution is -0.114. The van der Waals surface area contributed by atoms with Gasteiger partial charge in [0, 0.05) is 23.1 Å². The van der Waals surface area contributed by atoms with E-state index in [2.05, 4.69) is 12.2 Å². The highest BCUT2D eigenvalue weighted by atomic mass is 32.1. The van der Waals surface area contributed by atoms with Gasteiger partial charge in [-0.1, -0.05) is 6.92 Å². The van der Waals surface area contributed by atoms with E-state index in [4.69, 9.17) is 0 Å². The molecule has 1 heterocycles. The molecule has 1 N–H and O–H groups in total. The molecule has 1 aromatic carbocycles. The number of carbonyl (C=O) groups excluding carboxylic acids is 2. The molecule has 0 spiro atoms. The van der Waals surface area contributed by atoms with Crippen molar-refractivity contribution in [1.82, 2.24) is 0 Å². The first-order valence-electron chi connectivity index (χ1n) is 6.11. The van der Waals surface area contributed by atoms with Crippen LogP contribution in [-0.4, -0.2) is 11.7 Å². The van der Waals surface area contributed by atoms with E-state index in [1.807, 2.05) is 12.1 Å². The number of carbonyl (C=O) groups is 2. The Morgan fingerprint density at radius 1 is 1.11 bits per heavy atom. The van der Waals surface area contributed by atoms with Crippen LogP contribution in [-0.2, 0) is 11.2 Å². The Morgan fingerprint density at radius 2 is 1.79 bits per heavy atom. The van der Waals surface area contributed by atoms with Gasteiger partial charge >= 0.3 is 0 Å². The summed E-state index contributed by atoms with van der Waals surface area (Å²) in [4.78, 5) is 25.1. The number of amides is 1. The molecule has 0 fully saturated rings.